The second-order valence-electron chi connectivity index (χ2n) is 23.7. The Hall–Kier alpha value is -11.6. The zero-order valence-electron chi connectivity index (χ0n) is 63.7. The number of phosphoric ester groups is 2. The van der Waals surface area contributed by atoms with Gasteiger partial charge >= 0.3 is 45.5 Å². The number of hydrogen-bond donors (Lipinski definition) is 0. The fourth-order valence-corrected chi connectivity index (χ4v) is 13.3. The Morgan fingerprint density at radius 1 is 0.466 bits per heavy atom. The van der Waals surface area contributed by atoms with Crippen LogP contribution in [0.4, 0.5) is 0 Å². The van der Waals surface area contributed by atoms with E-state index in [9.17, 15) is 97.5 Å². The molecular weight excluding hydrogens is 1600 g/mol. The molecule has 0 aromatic heterocycles. The third-order valence-electron chi connectivity index (χ3n) is 14.7. The van der Waals surface area contributed by atoms with Crippen LogP contribution in [-0.4, -0.2) is 150 Å². The first-order chi connectivity index (χ1) is 55.1. The minimum Gasteiger partial charge on any atom is -0.459 e. The van der Waals surface area contributed by atoms with Gasteiger partial charge in [0.15, 0.2) is 28.2 Å². The molecule has 8 rings (SSSR count). The monoisotopic (exact) mass is 1680 g/mol. The molecule has 6 aromatic rings. The van der Waals surface area contributed by atoms with E-state index in [0.29, 0.717) is 60.1 Å². The maximum atomic E-state index is 12.5. The number of esters is 5. The molecule has 0 radical (unpaired) electrons. The van der Waals surface area contributed by atoms with Crippen LogP contribution >= 0.6 is 27.4 Å². The Bertz CT molecular complexity index is 4360. The normalized spacial score (nSPS) is 15.7. The molecule has 2 aliphatic rings. The van der Waals surface area contributed by atoms with E-state index in [0.717, 1.165) is 22.9 Å². The van der Waals surface area contributed by atoms with Crippen molar-refractivity contribution in [3.8, 4) is 23.0 Å². The van der Waals surface area contributed by atoms with Crippen molar-refractivity contribution >= 4 is 85.5 Å². The minimum atomic E-state index is -3.55. The Morgan fingerprint density at radius 2 is 0.879 bits per heavy atom. The second-order valence-corrected chi connectivity index (χ2v) is 28.2. The number of carbonyl (C=O) groups is 10. The summed E-state index contributed by atoms with van der Waals surface area (Å²) in [4.78, 5) is 175. The number of phosphoric acid groups is 2. The molecule has 0 saturated carbocycles. The van der Waals surface area contributed by atoms with E-state index in [2.05, 4.69) is 19.4 Å². The van der Waals surface area contributed by atoms with Gasteiger partial charge in [0.2, 0.25) is 0 Å². The van der Waals surface area contributed by atoms with E-state index in [1.807, 2.05) is 0 Å². The molecule has 0 aliphatic carbocycles. The number of carbonyl (C=O) groups excluding carboxylic acids is 10. The van der Waals surface area contributed by atoms with Crippen molar-refractivity contribution in [1.29, 1.82) is 0 Å². The average molecular weight is 1680 g/mol. The molecular formula is C74H84N4O35P2S. The van der Waals surface area contributed by atoms with Crippen LogP contribution in [0.15, 0.2) is 150 Å². The third kappa shape index (κ3) is 38.0. The summed E-state index contributed by atoms with van der Waals surface area (Å²) < 4.78 is 79.0. The molecule has 0 N–H and O–H groups in total. The zero-order chi connectivity index (χ0) is 85.8. The summed E-state index contributed by atoms with van der Waals surface area (Å²) in [5, 5.41) is 36.6. The first-order valence-electron chi connectivity index (χ1n) is 35.1. The lowest BCUT2D eigenvalue weighted by atomic mass is 10.0. The SMILES string of the molecule is CC(=O)Oc1ccccc1C(=O)CCC(CO[N+](=O)[O-])O[N+](=O)[O-].CC(=O)Oc1ccccc1C(=O)Cc1ccc(CCO[N+](=O)[O-])cc1.CC(=O)Sc1ccccc1C(=O)CCCCCO[N+](=O)[O-].CCOP1(=O)OCC(CCC(=O)c2ccccc2OC(C)=O)O1.CCOP1(=O)OCC(COC(=O)c2ccccc2OC(C)=O)O1. The van der Waals surface area contributed by atoms with Crippen molar-refractivity contribution in [2.24, 2.45) is 0 Å². The predicted octanol–water partition coefficient (Wildman–Crippen LogP) is 12.9. The number of thioether (sulfide) groups is 1. The summed E-state index contributed by atoms with van der Waals surface area (Å²) in [5.41, 5.74) is 3.12. The quantitative estimate of drug-likeness (QED) is 0.00504. The molecule has 39 nitrogen and oxygen atoms in total. The van der Waals surface area contributed by atoms with Crippen molar-refractivity contribution < 1.29 is 148 Å². The molecule has 2 aliphatic heterocycles. The predicted molar refractivity (Wildman–Crippen MR) is 403 cm³/mol. The number of ether oxygens (including phenoxy) is 5. The van der Waals surface area contributed by atoms with Gasteiger partial charge in [0, 0.05) is 70.8 Å². The maximum Gasteiger partial charge on any atom is 0.475 e. The van der Waals surface area contributed by atoms with Gasteiger partial charge < -0.3 is 43.0 Å². The first kappa shape index (κ1) is 96.8. The Kier molecular flexibility index (Phi) is 42.8. The highest BCUT2D eigenvalue weighted by atomic mass is 32.2. The largest absolute Gasteiger partial charge is 0.475 e. The number of benzene rings is 6. The standard InChI is InChI=1S/C18H17NO6.C15H19O7P.C14H17NO5S.C14H17O8P.C13H14N2O9/c1-13(20)25-18-5-3-2-4-16(18)17(21)12-15-8-6-14(7-9-15)10-11-24-19(22)23;1-3-19-23(18)20-10-12(22-23)8-9-14(17)13-6-4-5-7-15(13)21-11(2)16;1-11(16)21-14-9-5-4-7-12(14)13(17)8-3-2-6-10-20-15(18)19;1-3-19-23(17)20-9-11(22-23)8-18-14(16)12-6-4-5-7-13(12)21-10(2)15;1-9(16)23-13-5-3-2-4-11(13)12(17)7-6-10(24-15(20)21)8-22-14(18)19/h2-9H,10-12H2,1H3;4-7,12H,3,8-10H2,1-2H3;4-5,7,9H,2-3,6,8,10H2,1H3;4-7,11H,3,8-9H2,1-2H3;2-5,10H,6-8H2,1H3. The fourth-order valence-electron chi connectivity index (χ4n) is 9.86. The topological polar surface area (TPSA) is 516 Å². The van der Waals surface area contributed by atoms with Crippen molar-refractivity contribution in [1.82, 2.24) is 0 Å². The number of nitrogens with zero attached hydrogens (tertiary/aromatic N) is 4. The summed E-state index contributed by atoms with van der Waals surface area (Å²) in [6.07, 6.45) is 0.425. The van der Waals surface area contributed by atoms with Crippen molar-refractivity contribution in [2.75, 3.05) is 52.9 Å². The Balaban J connectivity index is 0.000000306. The molecule has 0 amide bonds. The Labute approximate surface area is 667 Å². The highest BCUT2D eigenvalue weighted by molar-refractivity contribution is 8.13. The highest BCUT2D eigenvalue weighted by Gasteiger charge is 2.40. The van der Waals surface area contributed by atoms with Gasteiger partial charge in [-0.3, -0.25) is 70.3 Å². The van der Waals surface area contributed by atoms with E-state index in [1.165, 1.54) is 58.9 Å². The number of Topliss-reactive ketones (excluding diaryl/α,β-unsaturated/α-hetero) is 4. The summed E-state index contributed by atoms with van der Waals surface area (Å²) in [6, 6.07) is 39.5. The van der Waals surface area contributed by atoms with Crippen LogP contribution in [0.5, 0.6) is 23.0 Å². The van der Waals surface area contributed by atoms with Crippen LogP contribution in [0.25, 0.3) is 0 Å². The minimum absolute atomic E-state index is 0.00382. The molecule has 116 heavy (non-hydrogen) atoms. The molecule has 626 valence electrons. The number of unbranched alkanes of at least 4 members (excludes halogenated alkanes) is 2. The smallest absolute Gasteiger partial charge is 0.459 e. The van der Waals surface area contributed by atoms with Gasteiger partial charge in [0.1, 0.15) is 60.6 Å². The van der Waals surface area contributed by atoms with Gasteiger partial charge in [0.05, 0.1) is 55.8 Å². The summed E-state index contributed by atoms with van der Waals surface area (Å²) in [7, 11) is -7.01. The lowest BCUT2D eigenvalue weighted by molar-refractivity contribution is -0.790. The highest BCUT2D eigenvalue weighted by Crippen LogP contribution is 2.56. The van der Waals surface area contributed by atoms with E-state index in [1.54, 1.807) is 135 Å². The van der Waals surface area contributed by atoms with Crippen molar-refractivity contribution in [3.63, 3.8) is 0 Å². The molecule has 2 saturated heterocycles. The zero-order valence-corrected chi connectivity index (χ0v) is 66.3. The van der Waals surface area contributed by atoms with Crippen LogP contribution in [0, 0.1) is 40.5 Å². The number of rotatable bonds is 40. The van der Waals surface area contributed by atoms with Gasteiger partial charge in [-0.05, 0) is 112 Å². The van der Waals surface area contributed by atoms with Gasteiger partial charge in [-0.15, -0.1) is 40.5 Å². The third-order valence-corrected chi connectivity index (χ3v) is 18.8. The maximum absolute atomic E-state index is 12.5. The van der Waals surface area contributed by atoms with Gasteiger partial charge in [-0.2, -0.15) is 0 Å². The molecule has 42 heteroatoms. The molecule has 0 spiro atoms. The number of ketones is 4. The van der Waals surface area contributed by atoms with Crippen LogP contribution < -0.4 is 18.9 Å². The van der Waals surface area contributed by atoms with Gasteiger partial charge in [-0.25, -0.2) is 13.9 Å². The first-order valence-corrected chi connectivity index (χ1v) is 38.9. The molecule has 6 aromatic carbocycles. The summed E-state index contributed by atoms with van der Waals surface area (Å²) >= 11 is 1.05. The molecule has 5 atom stereocenters. The van der Waals surface area contributed by atoms with Crippen LogP contribution in [0.3, 0.4) is 0 Å². The van der Waals surface area contributed by atoms with Crippen LogP contribution in [0.1, 0.15) is 163 Å². The van der Waals surface area contributed by atoms with E-state index >= 15 is 0 Å². The lowest BCUT2D eigenvalue weighted by Gasteiger charge is -2.13. The van der Waals surface area contributed by atoms with Crippen molar-refractivity contribution in [3.05, 3.63) is 225 Å². The van der Waals surface area contributed by atoms with Gasteiger partial charge in [-0.1, -0.05) is 109 Å². The van der Waals surface area contributed by atoms with E-state index in [-0.39, 0.29) is 129 Å². The molecule has 2 fully saturated rings. The second kappa shape index (κ2) is 51.3. The Morgan fingerprint density at radius 3 is 1.35 bits per heavy atom. The van der Waals surface area contributed by atoms with Crippen LogP contribution in [-0.2, 0) is 97.2 Å². The molecule has 2 heterocycles. The molecule has 0 bridgehead atoms. The van der Waals surface area contributed by atoms with Crippen molar-refractivity contribution in [2.45, 2.75) is 136 Å². The number of para-hydroxylation sites is 4. The summed E-state index contributed by atoms with van der Waals surface area (Å²) in [5.74, 6) is -3.02. The average Bonchev–Trinajstić information content (AvgIpc) is 1.65. The number of hydrogen-bond acceptors (Lipinski definition) is 36. The fraction of sp³-hybridized carbons (Fsp3) is 0.378. The summed E-state index contributed by atoms with van der Waals surface area (Å²) in [6.45, 7) is 9.48. The van der Waals surface area contributed by atoms with Gasteiger partial charge in [0.25, 0.3) is 20.3 Å². The van der Waals surface area contributed by atoms with E-state index in [4.69, 9.17) is 50.8 Å². The molecule has 5 unspecified atom stereocenters. The van der Waals surface area contributed by atoms with E-state index < -0.39 is 96.5 Å². The van der Waals surface area contributed by atoms with Crippen LogP contribution in [0.2, 0.25) is 0 Å². The lowest BCUT2D eigenvalue weighted by Crippen LogP contribution is -2.25.